The number of carbonyl (C=O) groups is 1. The van der Waals surface area contributed by atoms with Crippen LogP contribution in [0.3, 0.4) is 0 Å². The summed E-state index contributed by atoms with van der Waals surface area (Å²) in [6.45, 7) is 4.19. The predicted octanol–water partition coefficient (Wildman–Crippen LogP) is 2.66. The topological polar surface area (TPSA) is 46.5 Å². The first-order valence-electron chi connectivity index (χ1n) is 5.38. The second kappa shape index (κ2) is 5.66. The van der Waals surface area contributed by atoms with Gasteiger partial charge in [0.15, 0.2) is 0 Å². The molecule has 0 heterocycles. The number of hydrogen-bond donors (Lipinski definition) is 1. The summed E-state index contributed by atoms with van der Waals surface area (Å²) in [5, 5.41) is 8.66. The molecule has 1 aromatic rings. The maximum atomic E-state index is 10.5. The summed E-state index contributed by atoms with van der Waals surface area (Å²) in [6.07, 6.45) is 0.137. The van der Waals surface area contributed by atoms with Crippen LogP contribution >= 0.6 is 0 Å². The molecule has 1 N–H and O–H groups in total. The summed E-state index contributed by atoms with van der Waals surface area (Å²) in [4.78, 5) is 10.5. The minimum absolute atomic E-state index is 0.0684. The van der Waals surface area contributed by atoms with Gasteiger partial charge in [-0.3, -0.25) is 4.79 Å². The van der Waals surface area contributed by atoms with Gasteiger partial charge in [-0.05, 0) is 17.0 Å². The summed E-state index contributed by atoms with van der Waals surface area (Å²) in [5.41, 5.74) is 1.90. The number of carboxylic acids is 1. The van der Waals surface area contributed by atoms with Crippen molar-refractivity contribution in [1.82, 2.24) is 0 Å². The van der Waals surface area contributed by atoms with Crippen molar-refractivity contribution in [3.63, 3.8) is 0 Å². The van der Waals surface area contributed by atoms with Crippen LogP contribution in [0.4, 0.5) is 0 Å². The highest BCUT2D eigenvalue weighted by molar-refractivity contribution is 5.70. The smallest absolute Gasteiger partial charge is 0.307 e. The van der Waals surface area contributed by atoms with Crippen molar-refractivity contribution >= 4 is 5.97 Å². The molecule has 1 aromatic carbocycles. The fraction of sp³-hybridized carbons (Fsp3) is 0.462. The van der Waals surface area contributed by atoms with Crippen molar-refractivity contribution in [1.29, 1.82) is 0 Å². The van der Waals surface area contributed by atoms with E-state index in [0.717, 1.165) is 11.1 Å². The molecule has 0 fully saturated rings. The maximum absolute atomic E-state index is 10.5. The zero-order valence-electron chi connectivity index (χ0n) is 9.93. The zero-order chi connectivity index (χ0) is 12.1. The van der Waals surface area contributed by atoms with Gasteiger partial charge in [-0.25, -0.2) is 0 Å². The molecule has 1 atom stereocenters. The number of aliphatic carboxylic acids is 1. The molecule has 0 aliphatic heterocycles. The lowest BCUT2D eigenvalue weighted by Gasteiger charge is -2.19. The number of ether oxygens (including phenoxy) is 1. The van der Waals surface area contributed by atoms with Crippen molar-refractivity contribution in [3.8, 4) is 0 Å². The van der Waals surface area contributed by atoms with Crippen LogP contribution in [0.1, 0.15) is 31.1 Å². The SMILES string of the molecule is CO[C@@H](c1ccc(CC(=O)O)cc1)C(C)C. The molecular formula is C13H18O3. The largest absolute Gasteiger partial charge is 0.481 e. The van der Waals surface area contributed by atoms with E-state index in [1.807, 2.05) is 24.3 Å². The Balaban J connectivity index is 2.80. The van der Waals surface area contributed by atoms with E-state index in [1.54, 1.807) is 7.11 Å². The van der Waals surface area contributed by atoms with Crippen LogP contribution in [-0.2, 0) is 16.0 Å². The third kappa shape index (κ3) is 3.35. The van der Waals surface area contributed by atoms with Crippen LogP contribution in [0.15, 0.2) is 24.3 Å². The van der Waals surface area contributed by atoms with Crippen LogP contribution in [0.2, 0.25) is 0 Å². The highest BCUT2D eigenvalue weighted by Crippen LogP contribution is 2.25. The number of hydrogen-bond acceptors (Lipinski definition) is 2. The Hall–Kier alpha value is -1.35. The molecule has 0 unspecified atom stereocenters. The monoisotopic (exact) mass is 222 g/mol. The summed E-state index contributed by atoms with van der Waals surface area (Å²) in [7, 11) is 1.69. The summed E-state index contributed by atoms with van der Waals surface area (Å²) in [5.74, 6) is -0.407. The van der Waals surface area contributed by atoms with E-state index in [4.69, 9.17) is 9.84 Å². The molecule has 0 amide bonds. The van der Waals surface area contributed by atoms with Crippen LogP contribution in [-0.4, -0.2) is 18.2 Å². The molecular weight excluding hydrogens is 204 g/mol. The highest BCUT2D eigenvalue weighted by atomic mass is 16.5. The van der Waals surface area contributed by atoms with E-state index in [-0.39, 0.29) is 12.5 Å². The molecule has 0 bridgehead atoms. The molecule has 3 nitrogen and oxygen atoms in total. The van der Waals surface area contributed by atoms with Crippen LogP contribution in [0.5, 0.6) is 0 Å². The standard InChI is InChI=1S/C13H18O3/c1-9(2)13(16-3)11-6-4-10(5-7-11)8-12(14)15/h4-7,9,13H,8H2,1-3H3,(H,14,15)/t13-/m1/s1. The number of carboxylic acid groups (broad SMARTS) is 1. The van der Waals surface area contributed by atoms with Gasteiger partial charge in [0.05, 0.1) is 12.5 Å². The summed E-state index contributed by atoms with van der Waals surface area (Å²) in [6, 6.07) is 7.56. The second-order valence-corrected chi connectivity index (χ2v) is 4.21. The third-order valence-corrected chi connectivity index (χ3v) is 2.52. The summed E-state index contributed by atoms with van der Waals surface area (Å²) < 4.78 is 5.40. The Morgan fingerprint density at radius 2 is 1.88 bits per heavy atom. The van der Waals surface area contributed by atoms with Gasteiger partial charge in [-0.1, -0.05) is 38.1 Å². The number of rotatable bonds is 5. The first-order chi connectivity index (χ1) is 7.54. The molecule has 1 rings (SSSR count). The minimum Gasteiger partial charge on any atom is -0.481 e. The van der Waals surface area contributed by atoms with Gasteiger partial charge in [0.25, 0.3) is 0 Å². The van der Waals surface area contributed by atoms with E-state index < -0.39 is 5.97 Å². The van der Waals surface area contributed by atoms with Gasteiger partial charge in [-0.2, -0.15) is 0 Å². The second-order valence-electron chi connectivity index (χ2n) is 4.21. The highest BCUT2D eigenvalue weighted by Gasteiger charge is 2.14. The van der Waals surface area contributed by atoms with E-state index in [9.17, 15) is 4.79 Å². The third-order valence-electron chi connectivity index (χ3n) is 2.52. The number of benzene rings is 1. The average molecular weight is 222 g/mol. The van der Waals surface area contributed by atoms with Gasteiger partial charge in [0.2, 0.25) is 0 Å². The van der Waals surface area contributed by atoms with E-state index in [1.165, 1.54) is 0 Å². The van der Waals surface area contributed by atoms with Crippen molar-refractivity contribution in [3.05, 3.63) is 35.4 Å². The predicted molar refractivity (Wildman–Crippen MR) is 62.4 cm³/mol. The first kappa shape index (κ1) is 12.7. The van der Waals surface area contributed by atoms with Gasteiger partial charge < -0.3 is 9.84 Å². The molecule has 0 aromatic heterocycles. The molecule has 0 aliphatic carbocycles. The molecule has 0 saturated heterocycles. The zero-order valence-corrected chi connectivity index (χ0v) is 9.93. The lowest BCUT2D eigenvalue weighted by atomic mass is 9.97. The lowest BCUT2D eigenvalue weighted by Crippen LogP contribution is -2.09. The normalized spacial score (nSPS) is 12.8. The molecule has 0 spiro atoms. The van der Waals surface area contributed by atoms with Gasteiger partial charge in [-0.15, -0.1) is 0 Å². The fourth-order valence-corrected chi connectivity index (χ4v) is 1.79. The first-order valence-corrected chi connectivity index (χ1v) is 5.38. The van der Waals surface area contributed by atoms with Gasteiger partial charge in [0.1, 0.15) is 0 Å². The van der Waals surface area contributed by atoms with Crippen molar-refractivity contribution in [2.24, 2.45) is 5.92 Å². The molecule has 16 heavy (non-hydrogen) atoms. The maximum Gasteiger partial charge on any atom is 0.307 e. The molecule has 0 radical (unpaired) electrons. The molecule has 0 saturated carbocycles. The average Bonchev–Trinajstić information content (AvgIpc) is 2.20. The van der Waals surface area contributed by atoms with Crippen molar-refractivity contribution in [2.45, 2.75) is 26.4 Å². The molecule has 88 valence electrons. The number of methoxy groups -OCH3 is 1. The fourth-order valence-electron chi connectivity index (χ4n) is 1.79. The summed E-state index contributed by atoms with van der Waals surface area (Å²) >= 11 is 0. The Morgan fingerprint density at radius 3 is 2.25 bits per heavy atom. The van der Waals surface area contributed by atoms with Crippen LogP contribution in [0.25, 0.3) is 0 Å². The Bertz CT molecular complexity index is 341. The Morgan fingerprint density at radius 1 is 1.31 bits per heavy atom. The van der Waals surface area contributed by atoms with Crippen LogP contribution < -0.4 is 0 Å². The van der Waals surface area contributed by atoms with Gasteiger partial charge in [0, 0.05) is 7.11 Å². The quantitative estimate of drug-likeness (QED) is 0.833. The van der Waals surface area contributed by atoms with E-state index >= 15 is 0 Å². The van der Waals surface area contributed by atoms with Crippen molar-refractivity contribution in [2.75, 3.05) is 7.11 Å². The minimum atomic E-state index is -0.806. The Labute approximate surface area is 96.1 Å². The molecule has 3 heteroatoms. The van der Waals surface area contributed by atoms with E-state index in [2.05, 4.69) is 13.8 Å². The molecule has 0 aliphatic rings. The lowest BCUT2D eigenvalue weighted by molar-refractivity contribution is -0.136. The Kier molecular flexibility index (Phi) is 4.50. The van der Waals surface area contributed by atoms with Crippen molar-refractivity contribution < 1.29 is 14.6 Å². The van der Waals surface area contributed by atoms with Gasteiger partial charge >= 0.3 is 5.97 Å². The van der Waals surface area contributed by atoms with E-state index in [0.29, 0.717) is 5.92 Å². The van der Waals surface area contributed by atoms with Crippen LogP contribution in [0, 0.1) is 5.92 Å².